The lowest BCUT2D eigenvalue weighted by Crippen LogP contribution is -1.92. The average Bonchev–Trinajstić information content (AvgIpc) is 1.85. The molecular formula is C9H21IS. The van der Waals surface area contributed by atoms with E-state index in [2.05, 4.69) is 40.6 Å². The summed E-state index contributed by atoms with van der Waals surface area (Å²) in [6.07, 6.45) is 11.9. The van der Waals surface area contributed by atoms with Crippen LogP contribution in [0.3, 0.4) is 0 Å². The van der Waals surface area contributed by atoms with Gasteiger partial charge in [0.05, 0.1) is 0 Å². The van der Waals surface area contributed by atoms with E-state index in [0.29, 0.717) is 0 Å². The third kappa shape index (κ3) is 11.1. The molecule has 0 rings (SSSR count). The Bertz CT molecular complexity index is 86.1. The van der Waals surface area contributed by atoms with Crippen molar-refractivity contribution in [3.05, 3.63) is 0 Å². The van der Waals surface area contributed by atoms with Crippen LogP contribution in [-0.4, -0.2) is 18.3 Å². The third-order valence-corrected chi connectivity index (χ3v) is 4.31. The zero-order chi connectivity index (χ0) is 8.74. The van der Waals surface area contributed by atoms with Crippen molar-refractivity contribution in [3.63, 3.8) is 0 Å². The van der Waals surface area contributed by atoms with Gasteiger partial charge in [0.1, 0.15) is 0 Å². The van der Waals surface area contributed by atoms with Crippen LogP contribution >= 0.6 is 28.4 Å². The summed E-state index contributed by atoms with van der Waals surface area (Å²) in [6.45, 7) is 2.27. The van der Waals surface area contributed by atoms with E-state index in [0.717, 1.165) is 0 Å². The lowest BCUT2D eigenvalue weighted by Gasteiger charge is -2.21. The molecule has 0 aliphatic heterocycles. The topological polar surface area (TPSA) is 0 Å². The molecule has 0 aromatic carbocycles. The molecule has 0 aromatic heterocycles. The molecule has 0 heterocycles. The van der Waals surface area contributed by atoms with Crippen LogP contribution in [0.25, 0.3) is 0 Å². The standard InChI is InChI=1S/C9H21IS/c1-4-5-6-7-8-9-11(2,3)10/h4-9H2,1-3H3. The highest BCUT2D eigenvalue weighted by atomic mass is 127. The van der Waals surface area contributed by atoms with E-state index in [1.807, 2.05) is 0 Å². The normalized spacial score (nSPS) is 13.5. The van der Waals surface area contributed by atoms with Crippen LogP contribution in [0.15, 0.2) is 0 Å². The highest BCUT2D eigenvalue weighted by Gasteiger charge is 2.04. The fraction of sp³-hybridized carbons (Fsp3) is 1.00. The van der Waals surface area contributed by atoms with Crippen molar-refractivity contribution in [2.45, 2.75) is 39.0 Å². The number of unbranched alkanes of at least 4 members (excludes halogenated alkanes) is 4. The molecule has 0 saturated heterocycles. The Balaban J connectivity index is 3.02. The van der Waals surface area contributed by atoms with Crippen LogP contribution in [0.4, 0.5) is 0 Å². The van der Waals surface area contributed by atoms with Gasteiger partial charge in [0.2, 0.25) is 0 Å². The minimum Gasteiger partial charge on any atom is -0.193 e. The van der Waals surface area contributed by atoms with Crippen LogP contribution in [-0.2, 0) is 0 Å². The Labute approximate surface area is 85.4 Å². The first kappa shape index (κ1) is 12.1. The van der Waals surface area contributed by atoms with E-state index in [4.69, 9.17) is 0 Å². The predicted molar refractivity (Wildman–Crippen MR) is 67.1 cm³/mol. The van der Waals surface area contributed by atoms with Crippen LogP contribution in [0, 0.1) is 0 Å². The first-order valence-electron chi connectivity index (χ1n) is 4.47. The van der Waals surface area contributed by atoms with Crippen molar-refractivity contribution >= 4 is 28.4 Å². The maximum Gasteiger partial charge on any atom is -0.0149 e. The zero-order valence-corrected chi connectivity index (χ0v) is 11.0. The van der Waals surface area contributed by atoms with Gasteiger partial charge in [-0.05, 0) is 45.9 Å². The average molecular weight is 288 g/mol. The summed E-state index contributed by atoms with van der Waals surface area (Å²) < 4.78 is 0. The summed E-state index contributed by atoms with van der Waals surface area (Å²) >= 11 is 2.62. The maximum atomic E-state index is 2.62. The van der Waals surface area contributed by atoms with Gasteiger partial charge < -0.3 is 0 Å². The largest absolute Gasteiger partial charge is 0.193 e. The Morgan fingerprint density at radius 3 is 2.00 bits per heavy atom. The van der Waals surface area contributed by atoms with Gasteiger partial charge >= 0.3 is 0 Å². The van der Waals surface area contributed by atoms with Gasteiger partial charge in [0, 0.05) is 0 Å². The monoisotopic (exact) mass is 288 g/mol. The minimum absolute atomic E-state index is 0.241. The molecule has 0 unspecified atom stereocenters. The second-order valence-corrected chi connectivity index (χ2v) is 13.9. The van der Waals surface area contributed by atoms with Gasteiger partial charge in [-0.3, -0.25) is 0 Å². The molecule has 0 fully saturated rings. The Morgan fingerprint density at radius 1 is 1.00 bits per heavy atom. The highest BCUT2D eigenvalue weighted by Crippen LogP contribution is 2.49. The first-order chi connectivity index (χ1) is 5.06. The molecule has 0 N–H and O–H groups in total. The van der Waals surface area contributed by atoms with Crippen LogP contribution < -0.4 is 0 Å². The molecule has 0 bridgehead atoms. The van der Waals surface area contributed by atoms with Crippen molar-refractivity contribution in [3.8, 4) is 0 Å². The van der Waals surface area contributed by atoms with Crippen LogP contribution in [0.2, 0.25) is 0 Å². The van der Waals surface area contributed by atoms with Crippen molar-refractivity contribution in [1.82, 2.24) is 0 Å². The number of halogens is 1. The summed E-state index contributed by atoms with van der Waals surface area (Å²) in [5, 5.41) is 0. The van der Waals surface area contributed by atoms with E-state index in [1.54, 1.807) is 0 Å². The molecule has 0 spiro atoms. The molecule has 0 nitrogen and oxygen atoms in total. The number of hydrogen-bond donors (Lipinski definition) is 0. The summed E-state index contributed by atoms with van der Waals surface area (Å²) in [5.74, 6) is 1.46. The summed E-state index contributed by atoms with van der Waals surface area (Å²) in [4.78, 5) is 0. The van der Waals surface area contributed by atoms with Crippen molar-refractivity contribution in [2.24, 2.45) is 0 Å². The molecule has 0 atom stereocenters. The lowest BCUT2D eigenvalue weighted by atomic mass is 10.2. The predicted octanol–water partition coefficient (Wildman–Crippen LogP) is 4.37. The van der Waals surface area contributed by atoms with E-state index < -0.39 is 0 Å². The van der Waals surface area contributed by atoms with E-state index in [-0.39, 0.29) is 7.20 Å². The quantitative estimate of drug-likeness (QED) is 0.503. The molecule has 0 radical (unpaired) electrons. The second kappa shape index (κ2) is 6.58. The Kier molecular flexibility index (Phi) is 7.23. The highest BCUT2D eigenvalue weighted by molar-refractivity contribution is 14.2. The van der Waals surface area contributed by atoms with Crippen molar-refractivity contribution in [1.29, 1.82) is 0 Å². The van der Waals surface area contributed by atoms with Gasteiger partial charge in [0.15, 0.2) is 0 Å². The van der Waals surface area contributed by atoms with E-state index in [1.165, 1.54) is 37.9 Å². The molecule has 0 aliphatic carbocycles. The SMILES string of the molecule is CCCCCCCS(C)(C)I. The third-order valence-electron chi connectivity index (χ3n) is 1.73. The number of hydrogen-bond acceptors (Lipinski definition) is 0. The second-order valence-electron chi connectivity index (χ2n) is 3.52. The smallest absolute Gasteiger partial charge is 0.0149 e. The fourth-order valence-electron chi connectivity index (χ4n) is 1.05. The van der Waals surface area contributed by atoms with Gasteiger partial charge in [-0.25, -0.2) is 0 Å². The van der Waals surface area contributed by atoms with Gasteiger partial charge in [-0.15, -0.1) is 0 Å². The summed E-state index contributed by atoms with van der Waals surface area (Å²) in [6, 6.07) is 0. The first-order valence-corrected chi connectivity index (χ1v) is 9.63. The van der Waals surface area contributed by atoms with Gasteiger partial charge in [0.25, 0.3) is 0 Å². The summed E-state index contributed by atoms with van der Waals surface area (Å²) in [7, 11) is -0.241. The Morgan fingerprint density at radius 2 is 1.55 bits per heavy atom. The molecule has 0 aromatic rings. The lowest BCUT2D eigenvalue weighted by molar-refractivity contribution is 0.659. The van der Waals surface area contributed by atoms with Crippen molar-refractivity contribution in [2.75, 3.05) is 18.3 Å². The van der Waals surface area contributed by atoms with Gasteiger partial charge in [-0.2, -0.15) is 7.20 Å². The van der Waals surface area contributed by atoms with Crippen molar-refractivity contribution < 1.29 is 0 Å². The number of rotatable bonds is 6. The molecule has 11 heavy (non-hydrogen) atoms. The minimum atomic E-state index is -0.241. The molecule has 0 amide bonds. The Hall–Kier alpha value is 1.08. The van der Waals surface area contributed by atoms with E-state index >= 15 is 0 Å². The molecule has 0 saturated carbocycles. The van der Waals surface area contributed by atoms with Crippen LogP contribution in [0.5, 0.6) is 0 Å². The molecule has 0 aliphatic rings. The summed E-state index contributed by atoms with van der Waals surface area (Å²) in [5.41, 5.74) is 0. The van der Waals surface area contributed by atoms with Gasteiger partial charge in [-0.1, -0.05) is 32.6 Å². The van der Waals surface area contributed by atoms with E-state index in [9.17, 15) is 0 Å². The maximum absolute atomic E-state index is 2.62. The molecule has 2 heteroatoms. The van der Waals surface area contributed by atoms with Crippen LogP contribution in [0.1, 0.15) is 39.0 Å². The molecular weight excluding hydrogens is 267 g/mol. The zero-order valence-electron chi connectivity index (χ0n) is 8.03. The molecule has 70 valence electrons. The fourth-order valence-corrected chi connectivity index (χ4v) is 2.87.